The average molecular weight is 226 g/mol. The molecule has 0 heterocycles. The van der Waals surface area contributed by atoms with Crippen molar-refractivity contribution in [3.63, 3.8) is 0 Å². The van der Waals surface area contributed by atoms with E-state index in [4.69, 9.17) is 9.84 Å². The van der Waals surface area contributed by atoms with E-state index in [1.165, 1.54) is 0 Å². The van der Waals surface area contributed by atoms with Crippen molar-refractivity contribution in [3.05, 3.63) is 72.3 Å². The first-order chi connectivity index (χ1) is 8.40. The topological polar surface area (TPSA) is 29.5 Å². The molecule has 2 heteroatoms. The Hall–Kier alpha value is -2.06. The molecule has 2 aromatic carbocycles. The van der Waals surface area contributed by atoms with E-state index in [0.717, 1.165) is 11.3 Å². The van der Waals surface area contributed by atoms with Crippen molar-refractivity contribution >= 4 is 5.76 Å². The highest BCUT2D eigenvalue weighted by atomic mass is 16.5. The normalized spacial score (nSPS) is 11.2. The molecular formula is C15H14O2. The van der Waals surface area contributed by atoms with Gasteiger partial charge >= 0.3 is 0 Å². The van der Waals surface area contributed by atoms with Crippen LogP contribution in [-0.2, 0) is 0 Å². The van der Waals surface area contributed by atoms with Gasteiger partial charge in [-0.1, -0.05) is 48.5 Å². The van der Waals surface area contributed by atoms with Crippen molar-refractivity contribution in [1.82, 2.24) is 0 Å². The second-order valence-corrected chi connectivity index (χ2v) is 3.53. The smallest absolute Gasteiger partial charge is 0.132 e. The largest absolute Gasteiger partial charge is 0.457 e. The molecule has 0 atom stereocenters. The Labute approximate surface area is 101 Å². The molecular weight excluding hydrogens is 212 g/mol. The number of hydrogen-bond acceptors (Lipinski definition) is 2. The molecule has 0 fully saturated rings. The number of aliphatic hydroxyl groups is 1. The maximum atomic E-state index is 9.02. The fourth-order valence-corrected chi connectivity index (χ4v) is 1.52. The van der Waals surface area contributed by atoms with E-state index >= 15 is 0 Å². The fourth-order valence-electron chi connectivity index (χ4n) is 1.52. The van der Waals surface area contributed by atoms with E-state index < -0.39 is 0 Å². The molecule has 0 bridgehead atoms. The molecule has 0 aliphatic rings. The SMILES string of the molecule is OC/C=C(/Oc1ccccc1)c1ccccc1. The highest BCUT2D eigenvalue weighted by molar-refractivity contribution is 5.61. The quantitative estimate of drug-likeness (QED) is 0.812. The Bertz CT molecular complexity index is 475. The van der Waals surface area contributed by atoms with Crippen LogP contribution in [0.15, 0.2) is 66.7 Å². The number of benzene rings is 2. The predicted octanol–water partition coefficient (Wildman–Crippen LogP) is 3.10. The minimum Gasteiger partial charge on any atom is -0.457 e. The van der Waals surface area contributed by atoms with E-state index in [-0.39, 0.29) is 6.61 Å². The highest BCUT2D eigenvalue weighted by Crippen LogP contribution is 2.20. The molecule has 2 nitrogen and oxygen atoms in total. The van der Waals surface area contributed by atoms with Crippen molar-refractivity contribution in [3.8, 4) is 5.75 Å². The molecule has 0 aromatic heterocycles. The Morgan fingerprint density at radius 1 is 0.941 bits per heavy atom. The first-order valence-corrected chi connectivity index (χ1v) is 5.49. The second kappa shape index (κ2) is 5.87. The third-order valence-corrected chi connectivity index (χ3v) is 2.31. The summed E-state index contributed by atoms with van der Waals surface area (Å²) in [4.78, 5) is 0. The lowest BCUT2D eigenvalue weighted by Crippen LogP contribution is -1.96. The molecule has 86 valence electrons. The number of ether oxygens (including phenoxy) is 1. The highest BCUT2D eigenvalue weighted by Gasteiger charge is 2.02. The predicted molar refractivity (Wildman–Crippen MR) is 68.6 cm³/mol. The van der Waals surface area contributed by atoms with Gasteiger partial charge in [-0.25, -0.2) is 0 Å². The minimum absolute atomic E-state index is 0.0446. The van der Waals surface area contributed by atoms with Gasteiger partial charge in [0.25, 0.3) is 0 Å². The Balaban J connectivity index is 2.23. The lowest BCUT2D eigenvalue weighted by Gasteiger charge is -2.10. The molecule has 0 amide bonds. The van der Waals surface area contributed by atoms with E-state index in [2.05, 4.69) is 0 Å². The van der Waals surface area contributed by atoms with Crippen molar-refractivity contribution in [2.24, 2.45) is 0 Å². The first kappa shape index (κ1) is 11.4. The van der Waals surface area contributed by atoms with E-state index in [1.807, 2.05) is 60.7 Å². The summed E-state index contributed by atoms with van der Waals surface area (Å²) in [6.07, 6.45) is 1.66. The van der Waals surface area contributed by atoms with Crippen LogP contribution in [0.2, 0.25) is 0 Å². The van der Waals surface area contributed by atoms with Gasteiger partial charge in [0.15, 0.2) is 0 Å². The van der Waals surface area contributed by atoms with Gasteiger partial charge in [0.2, 0.25) is 0 Å². The maximum Gasteiger partial charge on any atom is 0.132 e. The van der Waals surface area contributed by atoms with Crippen molar-refractivity contribution in [2.45, 2.75) is 0 Å². The molecule has 2 aromatic rings. The second-order valence-electron chi connectivity index (χ2n) is 3.53. The lowest BCUT2D eigenvalue weighted by atomic mass is 10.2. The number of aliphatic hydroxyl groups excluding tert-OH is 1. The summed E-state index contributed by atoms with van der Waals surface area (Å²) in [5.74, 6) is 1.43. The Morgan fingerprint density at radius 2 is 1.53 bits per heavy atom. The third kappa shape index (κ3) is 3.20. The summed E-state index contributed by atoms with van der Waals surface area (Å²) in [5, 5.41) is 9.02. The Morgan fingerprint density at radius 3 is 2.12 bits per heavy atom. The molecule has 0 saturated carbocycles. The van der Waals surface area contributed by atoms with Crippen LogP contribution in [0.4, 0.5) is 0 Å². The summed E-state index contributed by atoms with van der Waals surface area (Å²) in [7, 11) is 0. The zero-order valence-corrected chi connectivity index (χ0v) is 9.41. The van der Waals surface area contributed by atoms with E-state index in [9.17, 15) is 0 Å². The molecule has 1 N–H and O–H groups in total. The number of para-hydroxylation sites is 1. The average Bonchev–Trinajstić information content (AvgIpc) is 2.40. The standard InChI is InChI=1S/C15H14O2/c16-12-11-15(13-7-3-1-4-8-13)17-14-9-5-2-6-10-14/h1-11,16H,12H2/b15-11+. The van der Waals surface area contributed by atoms with Gasteiger partial charge in [0.05, 0.1) is 6.61 Å². The van der Waals surface area contributed by atoms with Crippen LogP contribution in [0.3, 0.4) is 0 Å². The van der Waals surface area contributed by atoms with Gasteiger partial charge in [0, 0.05) is 5.56 Å². The van der Waals surface area contributed by atoms with Gasteiger partial charge in [-0.3, -0.25) is 0 Å². The molecule has 0 saturated heterocycles. The van der Waals surface area contributed by atoms with E-state index in [1.54, 1.807) is 6.08 Å². The van der Waals surface area contributed by atoms with Crippen LogP contribution in [0.1, 0.15) is 5.56 Å². The van der Waals surface area contributed by atoms with Crippen LogP contribution in [0.5, 0.6) is 5.75 Å². The summed E-state index contributed by atoms with van der Waals surface area (Å²) in [6, 6.07) is 19.3. The summed E-state index contributed by atoms with van der Waals surface area (Å²) in [6.45, 7) is -0.0446. The van der Waals surface area contributed by atoms with Crippen LogP contribution in [0.25, 0.3) is 5.76 Å². The van der Waals surface area contributed by atoms with Crippen molar-refractivity contribution < 1.29 is 9.84 Å². The number of rotatable bonds is 4. The van der Waals surface area contributed by atoms with Crippen LogP contribution < -0.4 is 4.74 Å². The maximum absolute atomic E-state index is 9.02. The molecule has 2 rings (SSSR count). The van der Waals surface area contributed by atoms with Gasteiger partial charge in [0.1, 0.15) is 11.5 Å². The molecule has 0 spiro atoms. The molecule has 0 aliphatic carbocycles. The summed E-state index contributed by atoms with van der Waals surface area (Å²) in [5.41, 5.74) is 0.949. The van der Waals surface area contributed by atoms with Crippen molar-refractivity contribution in [1.29, 1.82) is 0 Å². The summed E-state index contributed by atoms with van der Waals surface area (Å²) < 4.78 is 5.74. The molecule has 17 heavy (non-hydrogen) atoms. The lowest BCUT2D eigenvalue weighted by molar-refractivity contribution is 0.340. The van der Waals surface area contributed by atoms with Gasteiger partial charge < -0.3 is 9.84 Å². The fraction of sp³-hybridized carbons (Fsp3) is 0.0667. The van der Waals surface area contributed by atoms with E-state index in [0.29, 0.717) is 5.76 Å². The van der Waals surface area contributed by atoms with Gasteiger partial charge in [-0.05, 0) is 18.2 Å². The molecule has 0 unspecified atom stereocenters. The zero-order valence-electron chi connectivity index (χ0n) is 9.41. The van der Waals surface area contributed by atoms with Crippen LogP contribution >= 0.6 is 0 Å². The van der Waals surface area contributed by atoms with Crippen molar-refractivity contribution in [2.75, 3.05) is 6.61 Å². The van der Waals surface area contributed by atoms with Gasteiger partial charge in [-0.15, -0.1) is 0 Å². The summed E-state index contributed by atoms with van der Waals surface area (Å²) >= 11 is 0. The molecule has 0 aliphatic heterocycles. The first-order valence-electron chi connectivity index (χ1n) is 5.49. The van der Waals surface area contributed by atoms with Crippen LogP contribution in [-0.4, -0.2) is 11.7 Å². The Kier molecular flexibility index (Phi) is 3.95. The number of hydrogen-bond donors (Lipinski definition) is 1. The van der Waals surface area contributed by atoms with Crippen LogP contribution in [0, 0.1) is 0 Å². The third-order valence-electron chi connectivity index (χ3n) is 2.31. The monoisotopic (exact) mass is 226 g/mol. The minimum atomic E-state index is -0.0446. The molecule has 0 radical (unpaired) electrons. The van der Waals surface area contributed by atoms with Gasteiger partial charge in [-0.2, -0.15) is 0 Å². The zero-order chi connectivity index (χ0) is 11.9.